The first-order chi connectivity index (χ1) is 13.7. The van der Waals surface area contributed by atoms with Crippen molar-refractivity contribution in [1.29, 1.82) is 0 Å². The number of rotatable bonds is 4. The van der Waals surface area contributed by atoms with E-state index in [1.165, 1.54) is 0 Å². The second-order valence-corrected chi connectivity index (χ2v) is 7.51. The molecule has 0 saturated heterocycles. The van der Waals surface area contributed by atoms with E-state index in [0.717, 1.165) is 48.3 Å². The van der Waals surface area contributed by atoms with Gasteiger partial charge in [-0.3, -0.25) is 4.79 Å². The molecule has 0 aliphatic heterocycles. The third-order valence-electron chi connectivity index (χ3n) is 5.62. The van der Waals surface area contributed by atoms with E-state index in [1.807, 2.05) is 18.2 Å². The Morgan fingerprint density at radius 1 is 1.14 bits per heavy atom. The first-order valence-electron chi connectivity index (χ1n) is 9.53. The summed E-state index contributed by atoms with van der Waals surface area (Å²) in [6.45, 7) is 0. The SMILES string of the molecule is NC(=O)[C@@H]1CC[C@@H](Cc2ncc3nnn(-c4cc5cccccc-5c4)c3n2)C1. The molecule has 0 bridgehead atoms. The Morgan fingerprint density at radius 2 is 1.93 bits per heavy atom. The fraction of sp³-hybridized carbons (Fsp3) is 0.286. The minimum atomic E-state index is -0.196. The summed E-state index contributed by atoms with van der Waals surface area (Å²) in [5.41, 5.74) is 10.0. The summed E-state index contributed by atoms with van der Waals surface area (Å²) in [6, 6.07) is 14.4. The van der Waals surface area contributed by atoms with Gasteiger partial charge in [-0.15, -0.1) is 5.10 Å². The molecule has 7 nitrogen and oxygen atoms in total. The van der Waals surface area contributed by atoms with Crippen LogP contribution in [0.2, 0.25) is 0 Å². The molecule has 28 heavy (non-hydrogen) atoms. The van der Waals surface area contributed by atoms with E-state index < -0.39 is 0 Å². The van der Waals surface area contributed by atoms with Crippen LogP contribution in [0.25, 0.3) is 28.0 Å². The largest absolute Gasteiger partial charge is 0.369 e. The number of nitrogens with zero attached hydrogens (tertiary/aromatic N) is 5. The number of amides is 1. The van der Waals surface area contributed by atoms with Gasteiger partial charge in [-0.25, -0.2) is 9.97 Å². The molecule has 2 heterocycles. The molecule has 0 radical (unpaired) electrons. The van der Waals surface area contributed by atoms with Crippen LogP contribution in [0.4, 0.5) is 0 Å². The summed E-state index contributed by atoms with van der Waals surface area (Å²) in [4.78, 5) is 20.6. The number of nitrogens with two attached hydrogens (primary N) is 1. The van der Waals surface area contributed by atoms with Crippen LogP contribution in [0, 0.1) is 11.8 Å². The van der Waals surface area contributed by atoms with Gasteiger partial charge in [0.25, 0.3) is 0 Å². The second-order valence-electron chi connectivity index (χ2n) is 7.51. The normalized spacial score (nSPS) is 19.4. The van der Waals surface area contributed by atoms with Crippen molar-refractivity contribution < 1.29 is 4.79 Å². The summed E-state index contributed by atoms with van der Waals surface area (Å²) in [5, 5.41) is 8.50. The summed E-state index contributed by atoms with van der Waals surface area (Å²) in [5.74, 6) is 0.936. The van der Waals surface area contributed by atoms with E-state index in [1.54, 1.807) is 10.9 Å². The van der Waals surface area contributed by atoms with Gasteiger partial charge in [0.1, 0.15) is 5.82 Å². The smallest absolute Gasteiger partial charge is 0.220 e. The highest BCUT2D eigenvalue weighted by molar-refractivity contribution is 5.77. The summed E-state index contributed by atoms with van der Waals surface area (Å²) in [7, 11) is 0. The Hall–Kier alpha value is -3.35. The van der Waals surface area contributed by atoms with Crippen LogP contribution in [0.5, 0.6) is 0 Å². The number of hydrogen-bond acceptors (Lipinski definition) is 5. The molecule has 1 fully saturated rings. The Kier molecular flexibility index (Phi) is 4.00. The van der Waals surface area contributed by atoms with E-state index >= 15 is 0 Å². The molecule has 0 spiro atoms. The molecule has 3 aliphatic carbocycles. The van der Waals surface area contributed by atoms with Crippen molar-refractivity contribution in [3.63, 3.8) is 0 Å². The fourth-order valence-corrected chi connectivity index (χ4v) is 4.13. The zero-order valence-electron chi connectivity index (χ0n) is 15.3. The van der Waals surface area contributed by atoms with Crippen LogP contribution in [-0.2, 0) is 11.2 Å². The van der Waals surface area contributed by atoms with Crippen molar-refractivity contribution in [1.82, 2.24) is 25.0 Å². The first-order valence-corrected chi connectivity index (χ1v) is 9.53. The molecule has 1 saturated carbocycles. The van der Waals surface area contributed by atoms with Crippen molar-refractivity contribution in [3.05, 3.63) is 54.5 Å². The van der Waals surface area contributed by atoms with Crippen molar-refractivity contribution in [2.45, 2.75) is 25.7 Å². The lowest BCUT2D eigenvalue weighted by molar-refractivity contribution is -0.121. The molecule has 2 atom stereocenters. The maximum absolute atomic E-state index is 11.4. The molecule has 5 rings (SSSR count). The number of primary amides is 1. The van der Waals surface area contributed by atoms with Crippen LogP contribution >= 0.6 is 0 Å². The number of fused-ring (bicyclic) bond motifs is 2. The molecule has 2 aromatic heterocycles. The van der Waals surface area contributed by atoms with Crippen LogP contribution in [0.1, 0.15) is 25.1 Å². The molecule has 0 unspecified atom stereocenters. The van der Waals surface area contributed by atoms with Crippen molar-refractivity contribution in [3.8, 4) is 16.8 Å². The van der Waals surface area contributed by atoms with E-state index in [-0.39, 0.29) is 11.8 Å². The quantitative estimate of drug-likeness (QED) is 0.594. The monoisotopic (exact) mass is 372 g/mol. The first kappa shape index (κ1) is 16.8. The number of hydrogen-bond donors (Lipinski definition) is 1. The maximum atomic E-state index is 11.4. The van der Waals surface area contributed by atoms with Gasteiger partial charge in [0.2, 0.25) is 5.91 Å². The fourth-order valence-electron chi connectivity index (χ4n) is 4.13. The lowest BCUT2D eigenvalue weighted by Crippen LogP contribution is -2.21. The highest BCUT2D eigenvalue weighted by Gasteiger charge is 2.29. The lowest BCUT2D eigenvalue weighted by Gasteiger charge is -2.08. The number of carbonyl (C=O) groups is 1. The van der Waals surface area contributed by atoms with Crippen LogP contribution in [-0.4, -0.2) is 30.9 Å². The molecule has 1 amide bonds. The van der Waals surface area contributed by atoms with Gasteiger partial charge in [-0.1, -0.05) is 35.5 Å². The highest BCUT2D eigenvalue weighted by atomic mass is 16.1. The summed E-state index contributed by atoms with van der Waals surface area (Å²) < 4.78 is 1.77. The van der Waals surface area contributed by atoms with E-state index in [0.29, 0.717) is 17.1 Å². The van der Waals surface area contributed by atoms with E-state index in [9.17, 15) is 4.79 Å². The van der Waals surface area contributed by atoms with E-state index in [2.05, 4.69) is 39.6 Å². The Bertz CT molecular complexity index is 1110. The van der Waals surface area contributed by atoms with Crippen LogP contribution in [0.3, 0.4) is 0 Å². The van der Waals surface area contributed by atoms with Crippen LogP contribution in [0.15, 0.2) is 48.7 Å². The van der Waals surface area contributed by atoms with Gasteiger partial charge >= 0.3 is 0 Å². The third kappa shape index (κ3) is 2.98. The number of aromatic nitrogens is 5. The predicted octanol–water partition coefficient (Wildman–Crippen LogP) is 2.76. The van der Waals surface area contributed by atoms with Crippen molar-refractivity contribution in [2.24, 2.45) is 17.6 Å². The lowest BCUT2D eigenvalue weighted by atomic mass is 10.0. The van der Waals surface area contributed by atoms with Crippen molar-refractivity contribution in [2.75, 3.05) is 0 Å². The average molecular weight is 372 g/mol. The molecule has 140 valence electrons. The molecule has 2 aromatic rings. The molecule has 7 heteroatoms. The van der Waals surface area contributed by atoms with Gasteiger partial charge in [-0.05, 0) is 48.4 Å². The Labute approximate surface area is 161 Å². The predicted molar refractivity (Wildman–Crippen MR) is 105 cm³/mol. The van der Waals surface area contributed by atoms with Crippen LogP contribution < -0.4 is 5.73 Å². The van der Waals surface area contributed by atoms with Gasteiger partial charge in [0.05, 0.1) is 11.9 Å². The molecule has 0 aromatic carbocycles. The molecular weight excluding hydrogens is 352 g/mol. The van der Waals surface area contributed by atoms with Gasteiger partial charge < -0.3 is 5.73 Å². The zero-order valence-corrected chi connectivity index (χ0v) is 15.3. The second kappa shape index (κ2) is 6.67. The standard InChI is InChI=1S/C21H20N6O/c22-20(28)16-7-6-13(8-16)9-19-23-12-18-21(24-19)27(26-25-18)17-10-14-4-2-1-3-5-15(14)11-17/h1-5,10-13,16H,6-9H2,(H2,22,28)/t13-,16-/m1/s1. The maximum Gasteiger partial charge on any atom is 0.220 e. The number of carbonyl (C=O) groups excluding carboxylic acids is 1. The molecular formula is C21H20N6O. The summed E-state index contributed by atoms with van der Waals surface area (Å²) >= 11 is 0. The van der Waals surface area contributed by atoms with Crippen molar-refractivity contribution >= 4 is 17.1 Å². The molecule has 3 aliphatic rings. The Morgan fingerprint density at radius 3 is 2.64 bits per heavy atom. The third-order valence-corrected chi connectivity index (χ3v) is 5.62. The van der Waals surface area contributed by atoms with E-state index in [4.69, 9.17) is 10.7 Å². The van der Waals surface area contributed by atoms with Gasteiger partial charge in [-0.2, -0.15) is 4.68 Å². The average Bonchev–Trinajstić information content (AvgIpc) is 3.37. The van der Waals surface area contributed by atoms with Gasteiger partial charge in [0, 0.05) is 12.3 Å². The topological polar surface area (TPSA) is 99.6 Å². The minimum Gasteiger partial charge on any atom is -0.369 e. The minimum absolute atomic E-state index is 0.0148. The summed E-state index contributed by atoms with van der Waals surface area (Å²) in [6.07, 6.45) is 5.13. The molecule has 2 N–H and O–H groups in total. The van der Waals surface area contributed by atoms with Gasteiger partial charge in [0.15, 0.2) is 11.2 Å². The Balaban J connectivity index is 1.47. The highest BCUT2D eigenvalue weighted by Crippen LogP contribution is 2.33. The zero-order chi connectivity index (χ0) is 19.1.